The molecule has 1 heterocycles. The van der Waals surface area contributed by atoms with Gasteiger partial charge in [0.2, 0.25) is 0 Å². The van der Waals surface area contributed by atoms with E-state index in [0.29, 0.717) is 13.5 Å². The zero-order chi connectivity index (χ0) is 10.8. The standard InChI is InChI=1S/C10H21NO2S2/c1-12-8-11-9-13-6-3-2-4-10-5-7-14-15-10/h10-11H,2-9H2,1H3. The van der Waals surface area contributed by atoms with Gasteiger partial charge >= 0.3 is 0 Å². The molecule has 0 bridgehead atoms. The van der Waals surface area contributed by atoms with Gasteiger partial charge in [-0.05, 0) is 19.3 Å². The van der Waals surface area contributed by atoms with Crippen molar-refractivity contribution in [1.29, 1.82) is 0 Å². The Bertz CT molecular complexity index is 143. The zero-order valence-electron chi connectivity index (χ0n) is 9.37. The molecule has 1 N–H and O–H groups in total. The summed E-state index contributed by atoms with van der Waals surface area (Å²) < 4.78 is 10.2. The van der Waals surface area contributed by atoms with E-state index in [0.717, 1.165) is 11.9 Å². The van der Waals surface area contributed by atoms with Gasteiger partial charge < -0.3 is 9.47 Å². The summed E-state index contributed by atoms with van der Waals surface area (Å²) in [5.74, 6) is 1.34. The fourth-order valence-corrected chi connectivity index (χ4v) is 4.46. The summed E-state index contributed by atoms with van der Waals surface area (Å²) in [7, 11) is 5.76. The molecule has 1 unspecified atom stereocenters. The summed E-state index contributed by atoms with van der Waals surface area (Å²) in [5, 5.41) is 3.92. The number of hydrogen-bond acceptors (Lipinski definition) is 5. The number of rotatable bonds is 9. The van der Waals surface area contributed by atoms with Crippen molar-refractivity contribution in [2.45, 2.75) is 30.9 Å². The van der Waals surface area contributed by atoms with E-state index in [2.05, 4.69) is 16.1 Å². The van der Waals surface area contributed by atoms with Crippen LogP contribution in [0.15, 0.2) is 0 Å². The van der Waals surface area contributed by atoms with E-state index in [9.17, 15) is 0 Å². The van der Waals surface area contributed by atoms with Crippen LogP contribution in [0.4, 0.5) is 0 Å². The molecule has 5 heteroatoms. The van der Waals surface area contributed by atoms with Crippen molar-refractivity contribution >= 4 is 21.6 Å². The van der Waals surface area contributed by atoms with E-state index in [1.807, 2.05) is 10.8 Å². The first-order valence-electron chi connectivity index (χ1n) is 5.49. The van der Waals surface area contributed by atoms with Crippen molar-refractivity contribution in [1.82, 2.24) is 5.32 Å². The van der Waals surface area contributed by atoms with E-state index in [-0.39, 0.29) is 0 Å². The predicted octanol–water partition coefficient (Wildman–Crippen LogP) is 2.48. The van der Waals surface area contributed by atoms with Crippen molar-refractivity contribution in [2.75, 3.05) is 32.9 Å². The quantitative estimate of drug-likeness (QED) is 0.386. The second-order valence-corrected chi connectivity index (χ2v) is 6.35. The summed E-state index contributed by atoms with van der Waals surface area (Å²) >= 11 is 0. The largest absolute Gasteiger partial charge is 0.369 e. The molecule has 1 rings (SSSR count). The third-order valence-corrected chi connectivity index (χ3v) is 5.25. The van der Waals surface area contributed by atoms with Crippen LogP contribution in [0.25, 0.3) is 0 Å². The molecule has 90 valence electrons. The maximum Gasteiger partial charge on any atom is 0.0982 e. The molecule has 0 radical (unpaired) electrons. The van der Waals surface area contributed by atoms with Crippen LogP contribution < -0.4 is 5.32 Å². The minimum Gasteiger partial charge on any atom is -0.369 e. The Kier molecular flexibility index (Phi) is 8.90. The normalized spacial score (nSPS) is 21.0. The SMILES string of the molecule is COCNCOCCCCC1CCSS1. The number of methoxy groups -OCH3 is 1. The fraction of sp³-hybridized carbons (Fsp3) is 1.00. The highest BCUT2D eigenvalue weighted by atomic mass is 33.1. The van der Waals surface area contributed by atoms with Gasteiger partial charge in [0, 0.05) is 24.7 Å². The summed E-state index contributed by atoms with van der Waals surface area (Å²) in [4.78, 5) is 0. The zero-order valence-corrected chi connectivity index (χ0v) is 11.0. The predicted molar refractivity (Wildman–Crippen MR) is 68.1 cm³/mol. The van der Waals surface area contributed by atoms with Crippen LogP contribution in [0.3, 0.4) is 0 Å². The van der Waals surface area contributed by atoms with Crippen molar-refractivity contribution < 1.29 is 9.47 Å². The van der Waals surface area contributed by atoms with E-state index >= 15 is 0 Å². The lowest BCUT2D eigenvalue weighted by Crippen LogP contribution is -2.20. The molecule has 0 saturated carbocycles. The van der Waals surface area contributed by atoms with Crippen LogP contribution in [0.2, 0.25) is 0 Å². The Labute approximate surface area is 100 Å². The number of hydrogen-bond donors (Lipinski definition) is 1. The molecule has 1 fully saturated rings. The summed E-state index contributed by atoms with van der Waals surface area (Å²) in [6.45, 7) is 2.03. The molecule has 0 spiro atoms. The molecule has 0 aromatic carbocycles. The van der Waals surface area contributed by atoms with Gasteiger partial charge in [0.25, 0.3) is 0 Å². The molecule has 1 aliphatic rings. The Morgan fingerprint density at radius 3 is 3.00 bits per heavy atom. The van der Waals surface area contributed by atoms with E-state index < -0.39 is 0 Å². The molecule has 0 aromatic rings. The Morgan fingerprint density at radius 2 is 2.27 bits per heavy atom. The van der Waals surface area contributed by atoms with Gasteiger partial charge in [0.05, 0.1) is 13.5 Å². The third kappa shape index (κ3) is 7.47. The Morgan fingerprint density at radius 1 is 1.33 bits per heavy atom. The van der Waals surface area contributed by atoms with Gasteiger partial charge in [-0.2, -0.15) is 0 Å². The lowest BCUT2D eigenvalue weighted by Gasteiger charge is -2.07. The van der Waals surface area contributed by atoms with Gasteiger partial charge in [-0.1, -0.05) is 28.0 Å². The molecule has 0 aromatic heterocycles. The number of unbranched alkanes of at least 4 members (excludes halogenated alkanes) is 1. The van der Waals surface area contributed by atoms with Gasteiger partial charge in [0.15, 0.2) is 0 Å². The van der Waals surface area contributed by atoms with Crippen molar-refractivity contribution in [3.8, 4) is 0 Å². The highest BCUT2D eigenvalue weighted by Crippen LogP contribution is 2.39. The van der Waals surface area contributed by atoms with Crippen molar-refractivity contribution in [3.05, 3.63) is 0 Å². The lowest BCUT2D eigenvalue weighted by atomic mass is 10.1. The Balaban J connectivity index is 1.73. The molecule has 15 heavy (non-hydrogen) atoms. The van der Waals surface area contributed by atoms with Gasteiger partial charge in [0.1, 0.15) is 0 Å². The van der Waals surface area contributed by atoms with Crippen LogP contribution in [-0.4, -0.2) is 38.2 Å². The molecule has 1 atom stereocenters. The first-order valence-corrected chi connectivity index (χ1v) is 7.87. The first-order chi connectivity index (χ1) is 7.43. The molecule has 0 amide bonds. The minimum atomic E-state index is 0.565. The van der Waals surface area contributed by atoms with Crippen molar-refractivity contribution in [2.24, 2.45) is 0 Å². The smallest absolute Gasteiger partial charge is 0.0982 e. The number of nitrogens with one attached hydrogen (secondary N) is 1. The highest BCUT2D eigenvalue weighted by Gasteiger charge is 2.15. The molecule has 3 nitrogen and oxygen atoms in total. The summed E-state index contributed by atoms with van der Waals surface area (Å²) in [6, 6.07) is 0. The highest BCUT2D eigenvalue weighted by molar-refractivity contribution is 8.77. The van der Waals surface area contributed by atoms with Crippen LogP contribution >= 0.6 is 21.6 Å². The molecule has 1 aliphatic heterocycles. The van der Waals surface area contributed by atoms with Crippen LogP contribution in [0, 0.1) is 0 Å². The van der Waals surface area contributed by atoms with E-state index in [1.54, 1.807) is 7.11 Å². The monoisotopic (exact) mass is 251 g/mol. The molecular formula is C10H21NO2S2. The topological polar surface area (TPSA) is 30.5 Å². The summed E-state index contributed by atoms with van der Waals surface area (Å²) in [5.41, 5.74) is 0. The Hall–Kier alpha value is 0.580. The fourth-order valence-electron chi connectivity index (χ4n) is 1.43. The van der Waals surface area contributed by atoms with Crippen LogP contribution in [-0.2, 0) is 9.47 Å². The van der Waals surface area contributed by atoms with Gasteiger partial charge in [-0.25, -0.2) is 0 Å². The first kappa shape index (κ1) is 13.6. The van der Waals surface area contributed by atoms with Crippen molar-refractivity contribution in [3.63, 3.8) is 0 Å². The number of ether oxygens (including phenoxy) is 2. The second kappa shape index (κ2) is 9.78. The third-order valence-electron chi connectivity index (χ3n) is 2.24. The lowest BCUT2D eigenvalue weighted by molar-refractivity contribution is 0.0768. The maximum absolute atomic E-state index is 5.40. The van der Waals surface area contributed by atoms with Gasteiger partial charge in [-0.15, -0.1) is 0 Å². The molecular weight excluding hydrogens is 230 g/mol. The summed E-state index contributed by atoms with van der Waals surface area (Å²) in [6.07, 6.45) is 5.22. The minimum absolute atomic E-state index is 0.565. The van der Waals surface area contributed by atoms with Crippen LogP contribution in [0.5, 0.6) is 0 Å². The van der Waals surface area contributed by atoms with Crippen LogP contribution in [0.1, 0.15) is 25.7 Å². The average molecular weight is 251 g/mol. The molecule has 1 saturated heterocycles. The molecule has 0 aliphatic carbocycles. The van der Waals surface area contributed by atoms with Gasteiger partial charge in [-0.3, -0.25) is 5.32 Å². The van der Waals surface area contributed by atoms with E-state index in [4.69, 9.17) is 9.47 Å². The maximum atomic E-state index is 5.40. The van der Waals surface area contributed by atoms with E-state index in [1.165, 1.54) is 31.4 Å². The average Bonchev–Trinajstić information content (AvgIpc) is 2.75. The second-order valence-electron chi connectivity index (χ2n) is 3.56.